The van der Waals surface area contributed by atoms with Gasteiger partial charge in [-0.15, -0.1) is 0 Å². The van der Waals surface area contributed by atoms with Gasteiger partial charge in [-0.05, 0) is 41.0 Å². The van der Waals surface area contributed by atoms with Crippen molar-refractivity contribution in [2.75, 3.05) is 33.3 Å². The van der Waals surface area contributed by atoms with Gasteiger partial charge in [0.05, 0.1) is 12.7 Å². The molecule has 3 heterocycles. The van der Waals surface area contributed by atoms with E-state index < -0.39 is 0 Å². The Morgan fingerprint density at radius 3 is 2.56 bits per heavy atom. The first-order valence-corrected chi connectivity index (χ1v) is 9.83. The molecule has 2 aliphatic rings. The Morgan fingerprint density at radius 1 is 1.26 bits per heavy atom. The van der Waals surface area contributed by atoms with E-state index >= 15 is 0 Å². The van der Waals surface area contributed by atoms with Crippen LogP contribution < -0.4 is 4.74 Å². The summed E-state index contributed by atoms with van der Waals surface area (Å²) in [5.41, 5.74) is 2.13. The molecule has 1 amide bonds. The van der Waals surface area contributed by atoms with E-state index in [-0.39, 0.29) is 12.4 Å². The van der Waals surface area contributed by atoms with Crippen molar-refractivity contribution in [2.45, 2.75) is 6.54 Å². The van der Waals surface area contributed by atoms with Crippen LogP contribution in [-0.2, 0) is 11.3 Å². The molecule has 2 aliphatic heterocycles. The Bertz CT molecular complexity index is 751. The van der Waals surface area contributed by atoms with Crippen molar-refractivity contribution >= 4 is 23.7 Å². The molecule has 2 unspecified atom stereocenters. The van der Waals surface area contributed by atoms with Crippen LogP contribution in [0.4, 0.5) is 0 Å². The molecule has 0 bridgehead atoms. The minimum atomic E-state index is -0.250. The minimum absolute atomic E-state index is 0.199. The summed E-state index contributed by atoms with van der Waals surface area (Å²) in [6, 6.07) is 10.2. The van der Waals surface area contributed by atoms with Gasteiger partial charge in [0.25, 0.3) is 12.4 Å². The van der Waals surface area contributed by atoms with E-state index in [0.717, 1.165) is 44.0 Å². The summed E-state index contributed by atoms with van der Waals surface area (Å²) in [4.78, 5) is 25.4. The molecule has 6 nitrogen and oxygen atoms in total. The van der Waals surface area contributed by atoms with Gasteiger partial charge in [-0.3, -0.25) is 14.5 Å². The largest absolute Gasteiger partial charge is 0.497 e. The van der Waals surface area contributed by atoms with Crippen LogP contribution in [0.2, 0.25) is 0 Å². The van der Waals surface area contributed by atoms with Crippen molar-refractivity contribution in [2.24, 2.45) is 11.8 Å². The minimum Gasteiger partial charge on any atom is -0.497 e. The zero-order valence-electron chi connectivity index (χ0n) is 15.3. The first kappa shape index (κ1) is 19.4. The summed E-state index contributed by atoms with van der Waals surface area (Å²) in [6.07, 6.45) is 0. The summed E-state index contributed by atoms with van der Waals surface area (Å²) >= 11 is 1.59. The highest BCUT2D eigenvalue weighted by Gasteiger charge is 2.41. The molecule has 1 N–H and O–H groups in total. The van der Waals surface area contributed by atoms with Crippen LogP contribution in [0.5, 0.6) is 5.75 Å². The molecule has 2 fully saturated rings. The van der Waals surface area contributed by atoms with Gasteiger partial charge < -0.3 is 14.7 Å². The van der Waals surface area contributed by atoms with Gasteiger partial charge in [0.2, 0.25) is 0 Å². The molecule has 0 spiro atoms. The van der Waals surface area contributed by atoms with E-state index in [1.165, 1.54) is 5.56 Å². The average Bonchev–Trinajstić information content (AvgIpc) is 3.38. The standard InChI is InChI=1S/C19H22N2O2S.CH2O2/c1-23-18-4-2-3-14(7-18)8-20-9-16-11-21(12-17(16)10-20)19(22)15-5-6-24-13-15;2-1-3/h2-7,13,16-17H,8-12H2,1H3;1H,(H,2,3). The fourth-order valence-corrected chi connectivity index (χ4v) is 4.61. The Labute approximate surface area is 163 Å². The Balaban J connectivity index is 0.000000659. The topological polar surface area (TPSA) is 70.1 Å². The van der Waals surface area contributed by atoms with Gasteiger partial charge in [-0.2, -0.15) is 11.3 Å². The van der Waals surface area contributed by atoms with Gasteiger partial charge in [0, 0.05) is 38.1 Å². The number of hydrogen-bond acceptors (Lipinski definition) is 5. The first-order valence-electron chi connectivity index (χ1n) is 8.89. The van der Waals surface area contributed by atoms with Crippen LogP contribution in [0.3, 0.4) is 0 Å². The van der Waals surface area contributed by atoms with Crippen LogP contribution in [0.25, 0.3) is 0 Å². The predicted molar refractivity (Wildman–Crippen MR) is 104 cm³/mol. The lowest BCUT2D eigenvalue weighted by Crippen LogP contribution is -2.32. The van der Waals surface area contributed by atoms with Crippen LogP contribution in [0.1, 0.15) is 15.9 Å². The second-order valence-corrected chi connectivity index (χ2v) is 7.67. The van der Waals surface area contributed by atoms with Crippen molar-refractivity contribution in [3.05, 3.63) is 52.2 Å². The highest BCUT2D eigenvalue weighted by molar-refractivity contribution is 7.08. The summed E-state index contributed by atoms with van der Waals surface area (Å²) in [6.45, 7) is 4.66. The number of thiophene rings is 1. The summed E-state index contributed by atoms with van der Waals surface area (Å²) < 4.78 is 5.31. The molecule has 27 heavy (non-hydrogen) atoms. The van der Waals surface area contributed by atoms with E-state index in [9.17, 15) is 4.79 Å². The van der Waals surface area contributed by atoms with Crippen LogP contribution in [0, 0.1) is 11.8 Å². The Hall–Kier alpha value is -2.38. The number of hydrogen-bond donors (Lipinski definition) is 1. The van der Waals surface area contributed by atoms with Crippen molar-refractivity contribution in [1.29, 1.82) is 0 Å². The summed E-state index contributed by atoms with van der Waals surface area (Å²) in [7, 11) is 1.71. The maximum Gasteiger partial charge on any atom is 0.290 e. The van der Waals surface area contributed by atoms with Crippen LogP contribution in [0.15, 0.2) is 41.1 Å². The normalized spacial score (nSPS) is 21.3. The lowest BCUT2D eigenvalue weighted by atomic mass is 10.0. The SMILES string of the molecule is COc1cccc(CN2CC3CN(C(=O)c4ccsc4)CC3C2)c1.O=CO. The van der Waals surface area contributed by atoms with Gasteiger partial charge in [0.15, 0.2) is 0 Å². The molecule has 1 aromatic carbocycles. The number of ether oxygens (including phenoxy) is 1. The van der Waals surface area contributed by atoms with Gasteiger partial charge >= 0.3 is 0 Å². The predicted octanol–water partition coefficient (Wildman–Crippen LogP) is 2.66. The molecule has 2 saturated heterocycles. The second-order valence-electron chi connectivity index (χ2n) is 6.89. The van der Waals surface area contributed by atoms with E-state index in [1.54, 1.807) is 18.4 Å². The molecule has 0 aliphatic carbocycles. The first-order chi connectivity index (χ1) is 13.1. The Morgan fingerprint density at radius 2 is 1.96 bits per heavy atom. The van der Waals surface area contributed by atoms with E-state index in [0.29, 0.717) is 11.8 Å². The number of likely N-dealkylation sites (tertiary alicyclic amines) is 2. The van der Waals surface area contributed by atoms with E-state index in [4.69, 9.17) is 14.6 Å². The maximum absolute atomic E-state index is 12.5. The zero-order valence-corrected chi connectivity index (χ0v) is 16.1. The molecule has 0 saturated carbocycles. The smallest absolute Gasteiger partial charge is 0.290 e. The molecule has 7 heteroatoms. The van der Waals surface area contributed by atoms with Crippen molar-refractivity contribution < 1.29 is 19.4 Å². The molecular formula is C20H24N2O4S. The number of fused-ring (bicyclic) bond motifs is 1. The van der Waals surface area contributed by atoms with Crippen LogP contribution in [-0.4, -0.2) is 60.6 Å². The lowest BCUT2D eigenvalue weighted by Gasteiger charge is -2.21. The molecule has 2 aromatic rings. The number of methoxy groups -OCH3 is 1. The molecule has 144 valence electrons. The van der Waals surface area contributed by atoms with E-state index in [1.807, 2.05) is 33.9 Å². The average molecular weight is 388 g/mol. The molecule has 4 rings (SSSR count). The highest BCUT2D eigenvalue weighted by Crippen LogP contribution is 2.33. The third-order valence-corrected chi connectivity index (χ3v) is 5.84. The number of carboxylic acid groups (broad SMARTS) is 1. The molecule has 1 aromatic heterocycles. The van der Waals surface area contributed by atoms with Gasteiger partial charge in [-0.25, -0.2) is 0 Å². The monoisotopic (exact) mass is 388 g/mol. The molecule has 2 atom stereocenters. The quantitative estimate of drug-likeness (QED) is 0.816. The fourth-order valence-electron chi connectivity index (χ4n) is 3.98. The van der Waals surface area contributed by atoms with Crippen molar-refractivity contribution in [3.8, 4) is 5.75 Å². The second kappa shape index (κ2) is 9.01. The number of nitrogens with zero attached hydrogens (tertiary/aromatic N) is 2. The third kappa shape index (κ3) is 4.67. The number of carbonyl (C=O) groups excluding carboxylic acids is 1. The molecule has 0 radical (unpaired) electrons. The maximum atomic E-state index is 12.5. The summed E-state index contributed by atoms with van der Waals surface area (Å²) in [5.74, 6) is 2.33. The van der Waals surface area contributed by atoms with Crippen molar-refractivity contribution in [3.63, 3.8) is 0 Å². The van der Waals surface area contributed by atoms with Gasteiger partial charge in [0.1, 0.15) is 5.75 Å². The van der Waals surface area contributed by atoms with E-state index in [2.05, 4.69) is 17.0 Å². The molecular weight excluding hydrogens is 364 g/mol. The zero-order chi connectivity index (χ0) is 19.2. The Kier molecular flexibility index (Phi) is 6.47. The van der Waals surface area contributed by atoms with Crippen molar-refractivity contribution in [1.82, 2.24) is 9.80 Å². The summed E-state index contributed by atoms with van der Waals surface area (Å²) in [5, 5.41) is 10.8. The third-order valence-electron chi connectivity index (χ3n) is 5.16. The number of benzene rings is 1. The number of rotatable bonds is 4. The lowest BCUT2D eigenvalue weighted by molar-refractivity contribution is -0.122. The van der Waals surface area contributed by atoms with Crippen LogP contribution >= 0.6 is 11.3 Å². The number of carbonyl (C=O) groups is 2. The fraction of sp³-hybridized carbons (Fsp3) is 0.400. The van der Waals surface area contributed by atoms with Gasteiger partial charge in [-0.1, -0.05) is 12.1 Å². The number of amides is 1. The highest BCUT2D eigenvalue weighted by atomic mass is 32.1.